The highest BCUT2D eigenvalue weighted by molar-refractivity contribution is 6.11. The average molecular weight is 540 g/mol. The quantitative estimate of drug-likeness (QED) is 0.280. The zero-order chi connectivity index (χ0) is 27.5. The standard InChI is InChI=1S/C30H33N7O3/c38-24-9-11-37(12-10-24)18-19-13-21(16-31-15-19)20-5-7-26-25(14-20)28(36-35-26)30(40)34-23-6-8-27(32-17-23)29(39)33-22-3-1-2-4-22/h5-8,13-17,22,24,38H,1-4,9-12,18H2,(H,33,39)(H,34,40)(H,35,36). The van der Waals surface area contributed by atoms with Gasteiger partial charge in [0.1, 0.15) is 5.69 Å². The summed E-state index contributed by atoms with van der Waals surface area (Å²) in [5.41, 5.74) is 4.83. The molecule has 2 aliphatic rings. The molecule has 1 aliphatic heterocycles. The van der Waals surface area contributed by atoms with Gasteiger partial charge in [-0.3, -0.25) is 24.6 Å². The molecule has 2 amide bonds. The number of carbonyl (C=O) groups is 2. The Balaban J connectivity index is 1.15. The number of anilines is 1. The van der Waals surface area contributed by atoms with Gasteiger partial charge in [-0.15, -0.1) is 0 Å². The SMILES string of the molecule is O=C(NC1CCCC1)c1ccc(NC(=O)c2n[nH]c3ccc(-c4cncc(CN5CCC(O)CC5)c4)cc23)cn1. The van der Waals surface area contributed by atoms with Gasteiger partial charge >= 0.3 is 0 Å². The minimum Gasteiger partial charge on any atom is -0.393 e. The molecule has 3 aromatic heterocycles. The van der Waals surface area contributed by atoms with Crippen LogP contribution in [0.3, 0.4) is 0 Å². The molecule has 2 fully saturated rings. The molecular weight excluding hydrogens is 506 g/mol. The number of piperidine rings is 1. The van der Waals surface area contributed by atoms with E-state index < -0.39 is 0 Å². The number of aliphatic hydroxyl groups is 1. The number of fused-ring (bicyclic) bond motifs is 1. The lowest BCUT2D eigenvalue weighted by molar-refractivity contribution is 0.0792. The number of amides is 2. The first-order valence-corrected chi connectivity index (χ1v) is 13.9. The Morgan fingerprint density at radius 3 is 2.55 bits per heavy atom. The third-order valence-corrected chi connectivity index (χ3v) is 7.81. The lowest BCUT2D eigenvalue weighted by atomic mass is 10.0. The van der Waals surface area contributed by atoms with Crippen LogP contribution >= 0.6 is 0 Å². The monoisotopic (exact) mass is 539 g/mol. The zero-order valence-electron chi connectivity index (χ0n) is 22.3. The Labute approximate surface area is 232 Å². The number of nitrogens with zero attached hydrogens (tertiary/aromatic N) is 4. The normalized spacial score (nSPS) is 16.8. The van der Waals surface area contributed by atoms with Crippen LogP contribution in [0.2, 0.25) is 0 Å². The van der Waals surface area contributed by atoms with Crippen molar-refractivity contribution >= 4 is 28.4 Å². The summed E-state index contributed by atoms with van der Waals surface area (Å²) in [5.74, 6) is -0.559. The van der Waals surface area contributed by atoms with Gasteiger partial charge in [0.15, 0.2) is 5.69 Å². The van der Waals surface area contributed by atoms with Gasteiger partial charge in [0.2, 0.25) is 0 Å². The summed E-state index contributed by atoms with van der Waals surface area (Å²) in [4.78, 5) is 36.6. The van der Waals surface area contributed by atoms with Crippen LogP contribution < -0.4 is 10.6 Å². The van der Waals surface area contributed by atoms with Crippen molar-refractivity contribution in [1.29, 1.82) is 0 Å². The molecule has 0 unspecified atom stereocenters. The molecule has 1 saturated heterocycles. The Bertz CT molecular complexity index is 1500. The van der Waals surface area contributed by atoms with Crippen LogP contribution in [0.1, 0.15) is 65.1 Å². The molecule has 4 N–H and O–H groups in total. The molecule has 1 saturated carbocycles. The number of hydrogen-bond acceptors (Lipinski definition) is 7. The summed E-state index contributed by atoms with van der Waals surface area (Å²) in [6.45, 7) is 2.53. The Kier molecular flexibility index (Phi) is 7.52. The van der Waals surface area contributed by atoms with Crippen molar-refractivity contribution in [3.05, 3.63) is 71.9 Å². The fraction of sp³-hybridized carbons (Fsp3) is 0.367. The number of pyridine rings is 2. The minimum absolute atomic E-state index is 0.191. The molecule has 206 valence electrons. The predicted molar refractivity (Wildman–Crippen MR) is 152 cm³/mol. The molecule has 0 atom stereocenters. The molecule has 4 aromatic rings. The first-order chi connectivity index (χ1) is 19.5. The maximum Gasteiger partial charge on any atom is 0.276 e. The predicted octanol–water partition coefficient (Wildman–Crippen LogP) is 3.90. The molecule has 10 heteroatoms. The summed E-state index contributed by atoms with van der Waals surface area (Å²) < 4.78 is 0. The van der Waals surface area contributed by atoms with Crippen molar-refractivity contribution < 1.29 is 14.7 Å². The fourth-order valence-electron chi connectivity index (χ4n) is 5.56. The van der Waals surface area contributed by atoms with Crippen LogP contribution in [0, 0.1) is 0 Å². The van der Waals surface area contributed by atoms with E-state index in [0.29, 0.717) is 16.8 Å². The topological polar surface area (TPSA) is 136 Å². The van der Waals surface area contributed by atoms with Crippen LogP contribution in [0.4, 0.5) is 5.69 Å². The van der Waals surface area contributed by atoms with Gasteiger partial charge in [-0.05, 0) is 67.1 Å². The van der Waals surface area contributed by atoms with Gasteiger partial charge in [-0.2, -0.15) is 5.10 Å². The molecule has 1 aliphatic carbocycles. The molecule has 0 radical (unpaired) electrons. The van der Waals surface area contributed by atoms with Gasteiger partial charge in [-0.25, -0.2) is 4.98 Å². The zero-order valence-corrected chi connectivity index (χ0v) is 22.3. The number of H-pyrrole nitrogens is 1. The molecule has 6 rings (SSSR count). The van der Waals surface area contributed by atoms with Gasteiger partial charge in [0, 0.05) is 49.0 Å². The lowest BCUT2D eigenvalue weighted by Crippen LogP contribution is -2.35. The van der Waals surface area contributed by atoms with Crippen LogP contribution in [0.25, 0.3) is 22.0 Å². The molecule has 4 heterocycles. The van der Waals surface area contributed by atoms with Gasteiger partial charge in [0.05, 0.1) is 23.5 Å². The van der Waals surface area contributed by atoms with Crippen molar-refractivity contribution in [2.75, 3.05) is 18.4 Å². The average Bonchev–Trinajstić information content (AvgIpc) is 3.64. The Hall–Kier alpha value is -4.15. The summed E-state index contributed by atoms with van der Waals surface area (Å²) >= 11 is 0. The second-order valence-corrected chi connectivity index (χ2v) is 10.8. The van der Waals surface area contributed by atoms with Gasteiger partial charge < -0.3 is 15.7 Å². The number of rotatable bonds is 7. The first kappa shape index (κ1) is 26.1. The number of hydrogen-bond donors (Lipinski definition) is 4. The second-order valence-electron chi connectivity index (χ2n) is 10.8. The van der Waals surface area contributed by atoms with Crippen LogP contribution in [0.5, 0.6) is 0 Å². The molecule has 0 spiro atoms. The van der Waals surface area contributed by atoms with Gasteiger partial charge in [0.25, 0.3) is 11.8 Å². The number of nitrogens with one attached hydrogen (secondary N) is 3. The maximum atomic E-state index is 13.1. The fourth-order valence-corrected chi connectivity index (χ4v) is 5.56. The molecular formula is C30H33N7O3. The largest absolute Gasteiger partial charge is 0.393 e. The van der Waals surface area contributed by atoms with Crippen molar-refractivity contribution in [1.82, 2.24) is 30.4 Å². The lowest BCUT2D eigenvalue weighted by Gasteiger charge is -2.29. The van der Waals surface area contributed by atoms with Gasteiger partial charge in [-0.1, -0.05) is 18.9 Å². The minimum atomic E-state index is -0.368. The maximum absolute atomic E-state index is 13.1. The third kappa shape index (κ3) is 5.88. The van der Waals surface area contributed by atoms with Crippen LogP contribution in [-0.2, 0) is 6.54 Å². The van der Waals surface area contributed by atoms with E-state index in [-0.39, 0.29) is 29.7 Å². The number of aliphatic hydroxyl groups excluding tert-OH is 1. The second kappa shape index (κ2) is 11.5. The van der Waals surface area contributed by atoms with Crippen molar-refractivity contribution in [3.63, 3.8) is 0 Å². The highest BCUT2D eigenvalue weighted by atomic mass is 16.3. The van der Waals surface area contributed by atoms with Crippen LogP contribution in [0.15, 0.2) is 55.0 Å². The smallest absolute Gasteiger partial charge is 0.276 e. The summed E-state index contributed by atoms with van der Waals surface area (Å²) in [6.07, 6.45) is 10.9. The number of carbonyl (C=O) groups excluding carboxylic acids is 2. The number of benzene rings is 1. The summed E-state index contributed by atoms with van der Waals surface area (Å²) in [7, 11) is 0. The Morgan fingerprint density at radius 1 is 0.950 bits per heavy atom. The summed E-state index contributed by atoms with van der Waals surface area (Å²) in [5, 5.41) is 23.5. The van der Waals surface area contributed by atoms with E-state index in [0.717, 1.165) is 80.4 Å². The third-order valence-electron chi connectivity index (χ3n) is 7.81. The van der Waals surface area contributed by atoms with Crippen molar-refractivity contribution in [2.24, 2.45) is 0 Å². The van der Waals surface area contributed by atoms with E-state index in [1.807, 2.05) is 30.6 Å². The van der Waals surface area contributed by atoms with Crippen LogP contribution in [-0.4, -0.2) is 67.2 Å². The number of aromatic nitrogens is 4. The highest BCUT2D eigenvalue weighted by Crippen LogP contribution is 2.27. The molecule has 1 aromatic carbocycles. The van der Waals surface area contributed by atoms with E-state index in [1.165, 1.54) is 6.20 Å². The Morgan fingerprint density at radius 2 is 1.77 bits per heavy atom. The first-order valence-electron chi connectivity index (χ1n) is 13.9. The van der Waals surface area contributed by atoms with E-state index in [4.69, 9.17) is 0 Å². The highest BCUT2D eigenvalue weighted by Gasteiger charge is 2.20. The van der Waals surface area contributed by atoms with E-state index in [1.54, 1.807) is 12.1 Å². The molecule has 0 bridgehead atoms. The number of aromatic amines is 1. The van der Waals surface area contributed by atoms with E-state index in [2.05, 4.69) is 41.8 Å². The molecule has 10 nitrogen and oxygen atoms in total. The van der Waals surface area contributed by atoms with E-state index in [9.17, 15) is 14.7 Å². The van der Waals surface area contributed by atoms with E-state index >= 15 is 0 Å². The molecule has 40 heavy (non-hydrogen) atoms. The van der Waals surface area contributed by atoms with Crippen molar-refractivity contribution in [2.45, 2.75) is 57.2 Å². The summed E-state index contributed by atoms with van der Waals surface area (Å²) in [6, 6.07) is 11.5. The number of likely N-dealkylation sites (tertiary alicyclic amines) is 1. The van der Waals surface area contributed by atoms with Crippen molar-refractivity contribution in [3.8, 4) is 11.1 Å².